The molecule has 4 rings (SSSR count). The Kier molecular flexibility index (Phi) is 5.42. The molecule has 4 aromatic rings. The predicted molar refractivity (Wildman–Crippen MR) is 107 cm³/mol. The molecule has 2 N–H and O–H groups in total. The number of hydrogen-bond acceptors (Lipinski definition) is 2. The third kappa shape index (κ3) is 4.37. The monoisotopic (exact) mass is 394 g/mol. The van der Waals surface area contributed by atoms with Crippen molar-refractivity contribution in [3.8, 4) is 11.3 Å². The molecule has 0 bridgehead atoms. The van der Waals surface area contributed by atoms with Gasteiger partial charge >= 0.3 is 0 Å². The molecule has 0 spiro atoms. The number of fused-ring (bicyclic) bond motifs is 1. The second-order valence-corrected chi connectivity index (χ2v) is 6.85. The molecule has 0 saturated heterocycles. The SMILES string of the molecule is O=C(CCc1c(-c2ccc(F)cc2)[nH]c2ccc(F)cc12)NCCc1ccco1. The third-order valence-corrected chi connectivity index (χ3v) is 4.88. The maximum atomic E-state index is 13.8. The molecule has 6 heteroatoms. The van der Waals surface area contributed by atoms with Gasteiger partial charge in [-0.25, -0.2) is 8.78 Å². The topological polar surface area (TPSA) is 58.0 Å². The van der Waals surface area contributed by atoms with E-state index in [-0.39, 0.29) is 24.0 Å². The first-order chi connectivity index (χ1) is 14.1. The largest absolute Gasteiger partial charge is 0.469 e. The Morgan fingerprint density at radius 1 is 1.00 bits per heavy atom. The minimum absolute atomic E-state index is 0.0904. The van der Waals surface area contributed by atoms with Crippen LogP contribution in [-0.2, 0) is 17.6 Å². The van der Waals surface area contributed by atoms with Gasteiger partial charge in [-0.2, -0.15) is 0 Å². The van der Waals surface area contributed by atoms with E-state index in [0.717, 1.165) is 33.5 Å². The van der Waals surface area contributed by atoms with Crippen LogP contribution in [0.5, 0.6) is 0 Å². The molecule has 148 valence electrons. The van der Waals surface area contributed by atoms with Gasteiger partial charge in [-0.1, -0.05) is 0 Å². The van der Waals surface area contributed by atoms with Crippen LogP contribution in [0.2, 0.25) is 0 Å². The molecule has 29 heavy (non-hydrogen) atoms. The Balaban J connectivity index is 1.52. The smallest absolute Gasteiger partial charge is 0.220 e. The van der Waals surface area contributed by atoms with E-state index < -0.39 is 0 Å². The zero-order chi connectivity index (χ0) is 20.2. The van der Waals surface area contributed by atoms with E-state index in [2.05, 4.69) is 10.3 Å². The molecule has 0 aliphatic rings. The highest BCUT2D eigenvalue weighted by atomic mass is 19.1. The van der Waals surface area contributed by atoms with E-state index in [0.29, 0.717) is 19.4 Å². The van der Waals surface area contributed by atoms with Crippen LogP contribution in [-0.4, -0.2) is 17.4 Å². The van der Waals surface area contributed by atoms with Gasteiger partial charge < -0.3 is 14.7 Å². The Labute approximate surface area is 166 Å². The van der Waals surface area contributed by atoms with Crippen LogP contribution in [0.25, 0.3) is 22.2 Å². The summed E-state index contributed by atoms with van der Waals surface area (Å²) in [4.78, 5) is 15.6. The Bertz CT molecular complexity index is 1120. The Morgan fingerprint density at radius 2 is 1.79 bits per heavy atom. The Hall–Kier alpha value is -3.41. The molecule has 0 fully saturated rings. The summed E-state index contributed by atoms with van der Waals surface area (Å²) in [6.45, 7) is 0.486. The highest BCUT2D eigenvalue weighted by Gasteiger charge is 2.15. The van der Waals surface area contributed by atoms with E-state index in [9.17, 15) is 13.6 Å². The molecule has 0 aliphatic heterocycles. The number of furan rings is 1. The van der Waals surface area contributed by atoms with Crippen LogP contribution in [0.15, 0.2) is 65.3 Å². The quantitative estimate of drug-likeness (QED) is 0.464. The lowest BCUT2D eigenvalue weighted by Gasteiger charge is -2.07. The van der Waals surface area contributed by atoms with Crippen molar-refractivity contribution in [3.05, 3.63) is 83.8 Å². The number of benzene rings is 2. The molecular formula is C23H20F2N2O2. The summed E-state index contributed by atoms with van der Waals surface area (Å²) in [6.07, 6.45) is 2.92. The summed E-state index contributed by atoms with van der Waals surface area (Å²) in [6, 6.07) is 14.3. The standard InChI is InChI=1S/C23H20F2N2O2/c24-16-5-3-15(4-6-16)23-19(20-14-17(25)7-9-21(20)27-23)8-10-22(28)26-12-11-18-2-1-13-29-18/h1-7,9,13-14,27H,8,10-12H2,(H,26,28). The molecule has 2 aromatic carbocycles. The number of aromatic nitrogens is 1. The van der Waals surface area contributed by atoms with Crippen molar-refractivity contribution in [1.29, 1.82) is 0 Å². The molecule has 0 atom stereocenters. The van der Waals surface area contributed by atoms with Crippen LogP contribution in [0, 0.1) is 11.6 Å². The number of rotatable bonds is 7. The highest BCUT2D eigenvalue weighted by Crippen LogP contribution is 2.32. The van der Waals surface area contributed by atoms with Crippen LogP contribution in [0.3, 0.4) is 0 Å². The lowest BCUT2D eigenvalue weighted by molar-refractivity contribution is -0.121. The van der Waals surface area contributed by atoms with Gasteiger partial charge in [0.05, 0.1) is 6.26 Å². The van der Waals surface area contributed by atoms with Crippen molar-refractivity contribution >= 4 is 16.8 Å². The number of amides is 1. The summed E-state index contributed by atoms with van der Waals surface area (Å²) in [5.41, 5.74) is 3.18. The first-order valence-corrected chi connectivity index (χ1v) is 9.45. The fourth-order valence-electron chi connectivity index (χ4n) is 3.45. The maximum Gasteiger partial charge on any atom is 0.220 e. The van der Waals surface area contributed by atoms with Crippen LogP contribution in [0.1, 0.15) is 17.7 Å². The van der Waals surface area contributed by atoms with Gasteiger partial charge in [-0.15, -0.1) is 0 Å². The van der Waals surface area contributed by atoms with Crippen molar-refractivity contribution in [2.24, 2.45) is 0 Å². The Morgan fingerprint density at radius 3 is 2.55 bits per heavy atom. The van der Waals surface area contributed by atoms with Gasteiger partial charge in [0.1, 0.15) is 17.4 Å². The van der Waals surface area contributed by atoms with Crippen molar-refractivity contribution < 1.29 is 18.0 Å². The molecule has 2 aromatic heterocycles. The van der Waals surface area contributed by atoms with Gasteiger partial charge in [0.15, 0.2) is 0 Å². The summed E-state index contributed by atoms with van der Waals surface area (Å²) in [5, 5.41) is 3.61. The van der Waals surface area contributed by atoms with Gasteiger partial charge in [0.25, 0.3) is 0 Å². The van der Waals surface area contributed by atoms with E-state index in [1.807, 2.05) is 12.1 Å². The molecule has 0 saturated carbocycles. The second-order valence-electron chi connectivity index (χ2n) is 6.85. The molecule has 0 unspecified atom stereocenters. The molecular weight excluding hydrogens is 374 g/mol. The molecule has 0 radical (unpaired) electrons. The van der Waals surface area contributed by atoms with Crippen molar-refractivity contribution in [2.75, 3.05) is 6.54 Å². The number of H-pyrrole nitrogens is 1. The number of aromatic amines is 1. The zero-order valence-corrected chi connectivity index (χ0v) is 15.7. The number of nitrogens with one attached hydrogen (secondary N) is 2. The lowest BCUT2D eigenvalue weighted by Crippen LogP contribution is -2.25. The highest BCUT2D eigenvalue weighted by molar-refractivity contribution is 5.91. The van der Waals surface area contributed by atoms with Crippen LogP contribution < -0.4 is 5.32 Å². The van der Waals surface area contributed by atoms with Crippen LogP contribution in [0.4, 0.5) is 8.78 Å². The van der Waals surface area contributed by atoms with Crippen molar-refractivity contribution in [2.45, 2.75) is 19.3 Å². The molecule has 4 nitrogen and oxygen atoms in total. The van der Waals surface area contributed by atoms with Crippen molar-refractivity contribution in [1.82, 2.24) is 10.3 Å². The zero-order valence-electron chi connectivity index (χ0n) is 15.7. The number of carbonyl (C=O) groups excluding carboxylic acids is 1. The number of hydrogen-bond donors (Lipinski definition) is 2. The van der Waals surface area contributed by atoms with E-state index in [1.165, 1.54) is 24.3 Å². The van der Waals surface area contributed by atoms with E-state index in [4.69, 9.17) is 4.42 Å². The van der Waals surface area contributed by atoms with Crippen molar-refractivity contribution in [3.63, 3.8) is 0 Å². The van der Waals surface area contributed by atoms with Crippen LogP contribution >= 0.6 is 0 Å². The van der Waals surface area contributed by atoms with Gasteiger partial charge in [-0.3, -0.25) is 4.79 Å². The number of aryl methyl sites for hydroxylation is 1. The van der Waals surface area contributed by atoms with E-state index in [1.54, 1.807) is 24.5 Å². The summed E-state index contributed by atoms with van der Waals surface area (Å²) in [5.74, 6) is 0.0584. The summed E-state index contributed by atoms with van der Waals surface area (Å²) >= 11 is 0. The minimum atomic E-state index is -0.341. The predicted octanol–water partition coefficient (Wildman–Crippen LogP) is 5.00. The number of halogens is 2. The fourth-order valence-corrected chi connectivity index (χ4v) is 3.45. The lowest BCUT2D eigenvalue weighted by atomic mass is 10.0. The normalized spacial score (nSPS) is 11.1. The molecule has 0 aliphatic carbocycles. The summed E-state index contributed by atoms with van der Waals surface area (Å²) < 4.78 is 32.4. The fraction of sp³-hybridized carbons (Fsp3) is 0.174. The van der Waals surface area contributed by atoms with E-state index >= 15 is 0 Å². The maximum absolute atomic E-state index is 13.8. The number of carbonyl (C=O) groups is 1. The molecule has 1 amide bonds. The molecule has 2 heterocycles. The van der Waals surface area contributed by atoms with Gasteiger partial charge in [-0.05, 0) is 72.1 Å². The second kappa shape index (κ2) is 8.31. The first-order valence-electron chi connectivity index (χ1n) is 9.45. The van der Waals surface area contributed by atoms with Gasteiger partial charge in [0.2, 0.25) is 5.91 Å². The summed E-state index contributed by atoms with van der Waals surface area (Å²) in [7, 11) is 0. The first kappa shape index (κ1) is 18.9. The minimum Gasteiger partial charge on any atom is -0.469 e. The van der Waals surface area contributed by atoms with Gasteiger partial charge in [0, 0.05) is 36.0 Å². The average molecular weight is 394 g/mol. The third-order valence-electron chi connectivity index (χ3n) is 4.88. The average Bonchev–Trinajstić information content (AvgIpc) is 3.35.